The Balaban J connectivity index is 1.18. The molecule has 0 radical (unpaired) electrons. The largest absolute Gasteiger partial charge is 0.497 e. The van der Waals surface area contributed by atoms with E-state index < -0.39 is 6.10 Å². The number of amides is 1. The molecule has 278 valence electrons. The predicted octanol–water partition coefficient (Wildman–Crippen LogP) is 7.73. The van der Waals surface area contributed by atoms with Crippen LogP contribution in [0.5, 0.6) is 23.0 Å². The zero-order valence-corrected chi connectivity index (χ0v) is 31.9. The molecule has 0 N–H and O–H groups in total. The minimum absolute atomic E-state index is 0.0719. The maximum Gasteiger partial charge on any atom is 0.299 e. The molecule has 7 rings (SSSR count). The van der Waals surface area contributed by atoms with Crippen LogP contribution in [0, 0.1) is 0 Å². The first-order chi connectivity index (χ1) is 25.7. The second-order valence-corrected chi connectivity index (χ2v) is 13.9. The lowest BCUT2D eigenvalue weighted by molar-refractivity contribution is -0.147. The molecule has 0 unspecified atom stereocenters. The highest BCUT2D eigenvalue weighted by Crippen LogP contribution is 2.39. The molecule has 5 aromatic rings. The fourth-order valence-electron chi connectivity index (χ4n) is 7.28. The number of carbonyl (C=O) groups excluding carboxylic acids is 1. The number of morpholine rings is 1. The number of fused-ring (bicyclic) bond motifs is 2. The number of oxazole rings is 1. The van der Waals surface area contributed by atoms with Crippen LogP contribution < -0.4 is 28.7 Å². The lowest BCUT2D eigenvalue weighted by atomic mass is 9.93. The molecule has 0 saturated carbocycles. The summed E-state index contributed by atoms with van der Waals surface area (Å²) in [6.07, 6.45) is 0.00174. The first-order valence-electron chi connectivity index (χ1n) is 17.4. The molecule has 0 bridgehead atoms. The van der Waals surface area contributed by atoms with E-state index in [0.29, 0.717) is 95.9 Å². The minimum Gasteiger partial charge on any atom is -0.497 e. The Labute approximate surface area is 318 Å². The Kier molecular flexibility index (Phi) is 10.8. The molecule has 1 amide bonds. The maximum atomic E-state index is 14.0. The third-order valence-electron chi connectivity index (χ3n) is 10.0. The van der Waals surface area contributed by atoms with Gasteiger partial charge in [0.25, 0.3) is 11.9 Å². The molecule has 1 aromatic heterocycles. The number of halogens is 2. The standard InChI is InChI=1S/C40H42Cl2N4O7/c1-24-37-25(17-28(41)18-31(37)42)13-14-46(24)39(47)36-23-44(15-16-52-36)33-8-6-7-32-38(33)53-40(43-32)45(21-26-9-11-29(48-2)19-34(26)50-4)22-27-10-12-30(49-3)20-35(27)51-5/h6-12,17-20,24,36H,13-16,21-23H2,1-5H3/t24-,36+/m0/s1. The van der Waals surface area contributed by atoms with Crippen molar-refractivity contribution in [2.45, 2.75) is 38.6 Å². The lowest BCUT2D eigenvalue weighted by Crippen LogP contribution is -2.52. The number of anilines is 2. The Bertz CT molecular complexity index is 2070. The van der Waals surface area contributed by atoms with Crippen LogP contribution in [-0.4, -0.2) is 76.6 Å². The van der Waals surface area contributed by atoms with Gasteiger partial charge in [-0.15, -0.1) is 0 Å². The van der Waals surface area contributed by atoms with E-state index in [1.54, 1.807) is 34.5 Å². The minimum atomic E-state index is -0.668. The van der Waals surface area contributed by atoms with Crippen LogP contribution in [0.3, 0.4) is 0 Å². The Morgan fingerprint density at radius 1 is 0.887 bits per heavy atom. The Morgan fingerprint density at radius 2 is 1.57 bits per heavy atom. The number of para-hydroxylation sites is 1. The first-order valence-corrected chi connectivity index (χ1v) is 18.2. The number of ether oxygens (including phenoxy) is 5. The summed E-state index contributed by atoms with van der Waals surface area (Å²) in [5.41, 5.74) is 5.98. The lowest BCUT2D eigenvalue weighted by Gasteiger charge is -2.40. The van der Waals surface area contributed by atoms with Crippen molar-refractivity contribution in [2.24, 2.45) is 0 Å². The quantitative estimate of drug-likeness (QED) is 0.133. The Morgan fingerprint density at radius 3 is 2.21 bits per heavy atom. The number of hydrogen-bond donors (Lipinski definition) is 0. The second kappa shape index (κ2) is 15.6. The van der Waals surface area contributed by atoms with E-state index in [9.17, 15) is 4.79 Å². The molecule has 0 spiro atoms. The van der Waals surface area contributed by atoms with Crippen LogP contribution in [0.4, 0.5) is 11.7 Å². The van der Waals surface area contributed by atoms with Gasteiger partial charge in [0, 0.05) is 46.4 Å². The number of hydrogen-bond acceptors (Lipinski definition) is 10. The highest BCUT2D eigenvalue weighted by Gasteiger charge is 2.37. The van der Waals surface area contributed by atoms with Crippen LogP contribution in [0.25, 0.3) is 11.1 Å². The summed E-state index contributed by atoms with van der Waals surface area (Å²) in [4.78, 5) is 25.1. The summed E-state index contributed by atoms with van der Waals surface area (Å²) < 4.78 is 35.2. The van der Waals surface area contributed by atoms with Crippen LogP contribution in [0.15, 0.2) is 71.1 Å². The van der Waals surface area contributed by atoms with Crippen LogP contribution in [0.2, 0.25) is 10.0 Å². The smallest absolute Gasteiger partial charge is 0.299 e. The van der Waals surface area contributed by atoms with Gasteiger partial charge in [-0.05, 0) is 73.0 Å². The molecule has 2 aliphatic rings. The number of nitrogens with zero attached hydrogens (tertiary/aromatic N) is 4. The van der Waals surface area contributed by atoms with Gasteiger partial charge in [0.2, 0.25) is 0 Å². The zero-order valence-electron chi connectivity index (χ0n) is 30.4. The van der Waals surface area contributed by atoms with Crippen molar-refractivity contribution < 1.29 is 32.9 Å². The number of rotatable bonds is 11. The fraction of sp³-hybridized carbons (Fsp3) is 0.350. The van der Waals surface area contributed by atoms with Crippen LogP contribution in [-0.2, 0) is 29.0 Å². The van der Waals surface area contributed by atoms with Gasteiger partial charge in [-0.2, -0.15) is 4.98 Å². The molecule has 1 fully saturated rings. The van der Waals surface area contributed by atoms with E-state index in [0.717, 1.165) is 27.9 Å². The topological polar surface area (TPSA) is 99.0 Å². The average molecular weight is 762 g/mol. The molecular formula is C40H42Cl2N4O7. The second-order valence-electron chi connectivity index (χ2n) is 13.1. The van der Waals surface area contributed by atoms with E-state index in [4.69, 9.17) is 56.3 Å². The van der Waals surface area contributed by atoms with Crippen molar-refractivity contribution in [3.05, 3.63) is 99.0 Å². The number of carbonyl (C=O) groups is 1. The van der Waals surface area contributed by atoms with E-state index >= 15 is 0 Å². The molecule has 3 heterocycles. The summed E-state index contributed by atoms with van der Waals surface area (Å²) in [6.45, 7) is 4.69. The van der Waals surface area contributed by atoms with Crippen molar-refractivity contribution in [3.8, 4) is 23.0 Å². The third-order valence-corrected chi connectivity index (χ3v) is 10.5. The average Bonchev–Trinajstić information content (AvgIpc) is 3.62. The molecule has 1 saturated heterocycles. The van der Waals surface area contributed by atoms with Crippen molar-refractivity contribution in [2.75, 3.05) is 64.5 Å². The molecule has 53 heavy (non-hydrogen) atoms. The summed E-state index contributed by atoms with van der Waals surface area (Å²) >= 11 is 12.9. The molecular weight excluding hydrogens is 719 g/mol. The summed E-state index contributed by atoms with van der Waals surface area (Å²) in [5, 5.41) is 1.17. The van der Waals surface area contributed by atoms with Gasteiger partial charge in [0.15, 0.2) is 11.7 Å². The van der Waals surface area contributed by atoms with Crippen molar-refractivity contribution in [1.29, 1.82) is 0 Å². The molecule has 11 nitrogen and oxygen atoms in total. The van der Waals surface area contributed by atoms with E-state index in [1.807, 2.05) is 77.4 Å². The highest BCUT2D eigenvalue weighted by atomic mass is 35.5. The van der Waals surface area contributed by atoms with Gasteiger partial charge >= 0.3 is 0 Å². The molecule has 13 heteroatoms. The highest BCUT2D eigenvalue weighted by molar-refractivity contribution is 6.35. The van der Waals surface area contributed by atoms with Crippen molar-refractivity contribution in [3.63, 3.8) is 0 Å². The Hall–Kier alpha value is -4.84. The van der Waals surface area contributed by atoms with E-state index in [-0.39, 0.29) is 11.9 Å². The number of methoxy groups -OCH3 is 4. The molecule has 2 atom stereocenters. The normalized spacial score (nSPS) is 17.0. The molecule has 4 aromatic carbocycles. The van der Waals surface area contributed by atoms with Gasteiger partial charge in [-0.1, -0.05) is 29.3 Å². The summed E-state index contributed by atoms with van der Waals surface area (Å²) in [7, 11) is 6.52. The van der Waals surface area contributed by atoms with Gasteiger partial charge in [-0.3, -0.25) is 4.79 Å². The predicted molar refractivity (Wildman–Crippen MR) is 205 cm³/mol. The van der Waals surface area contributed by atoms with E-state index in [1.165, 1.54) is 0 Å². The van der Waals surface area contributed by atoms with Gasteiger partial charge < -0.3 is 42.8 Å². The molecule has 0 aliphatic carbocycles. The molecule has 2 aliphatic heterocycles. The first kappa shape index (κ1) is 36.5. The SMILES string of the molecule is COc1ccc(CN(Cc2ccc(OC)cc2OC)c2nc3cccc(N4CCO[C@@H](C(=O)N5CCc6cc(Cl)cc(Cl)c6[C@@H]5C)C4)c3o2)c(OC)c1. The fourth-order valence-corrected chi connectivity index (χ4v) is 7.97. The monoisotopic (exact) mass is 760 g/mol. The summed E-state index contributed by atoms with van der Waals surface area (Å²) in [5.74, 6) is 2.66. The van der Waals surface area contributed by atoms with Crippen molar-refractivity contribution >= 4 is 51.9 Å². The maximum absolute atomic E-state index is 14.0. The van der Waals surface area contributed by atoms with Crippen molar-refractivity contribution in [1.82, 2.24) is 9.88 Å². The summed E-state index contributed by atoms with van der Waals surface area (Å²) in [6, 6.07) is 21.2. The van der Waals surface area contributed by atoms with E-state index in [2.05, 4.69) is 4.90 Å². The van der Waals surface area contributed by atoms with Crippen LogP contribution >= 0.6 is 23.2 Å². The third kappa shape index (κ3) is 7.38. The van der Waals surface area contributed by atoms with Crippen LogP contribution in [0.1, 0.15) is 35.2 Å². The van der Waals surface area contributed by atoms with Gasteiger partial charge in [0.05, 0.1) is 66.4 Å². The van der Waals surface area contributed by atoms with Gasteiger partial charge in [-0.25, -0.2) is 0 Å². The zero-order chi connectivity index (χ0) is 37.2. The number of benzene rings is 4. The number of aromatic nitrogens is 1. The van der Waals surface area contributed by atoms with Gasteiger partial charge in [0.1, 0.15) is 28.5 Å².